The minimum atomic E-state index is -4.77. The van der Waals surface area contributed by atoms with E-state index in [0.717, 1.165) is 128 Å². The van der Waals surface area contributed by atoms with E-state index < -0.39 is 57.8 Å². The van der Waals surface area contributed by atoms with Crippen molar-refractivity contribution in [1.29, 1.82) is 0 Å². The predicted octanol–water partition coefficient (Wildman–Crippen LogP) is 16.5. The van der Waals surface area contributed by atoms with Gasteiger partial charge in [0.1, 0.15) is 12.7 Å². The molecule has 0 aromatic rings. The van der Waals surface area contributed by atoms with Crippen molar-refractivity contribution < 1.29 is 52.2 Å². The fraction of sp³-hybridized carbons (Fsp3) is 0.683. The molecule has 0 rings (SSSR count). The summed E-state index contributed by atoms with van der Waals surface area (Å²) in [5.41, 5.74) is 0. The molecule has 0 spiro atoms. The Labute approximate surface area is 438 Å². The van der Waals surface area contributed by atoms with Gasteiger partial charge < -0.3 is 24.2 Å². The van der Waals surface area contributed by atoms with Crippen LogP contribution in [0.5, 0.6) is 0 Å². The van der Waals surface area contributed by atoms with Crippen molar-refractivity contribution in [2.24, 2.45) is 0 Å². The van der Waals surface area contributed by atoms with Gasteiger partial charge in [-0.2, -0.15) is 0 Å². The quantitative estimate of drug-likeness (QED) is 0.0197. The Morgan fingerprint density at radius 3 is 1.14 bits per heavy atom. The Morgan fingerprint density at radius 2 is 0.722 bits per heavy atom. The molecule has 11 nitrogen and oxygen atoms in total. The molecule has 3 atom stereocenters. The fourth-order valence-corrected chi connectivity index (χ4v) is 8.02. The van der Waals surface area contributed by atoms with Crippen LogP contribution in [0.15, 0.2) is 97.2 Å². The predicted molar refractivity (Wildman–Crippen MR) is 297 cm³/mol. The Morgan fingerprint density at radius 1 is 0.403 bits per heavy atom. The highest BCUT2D eigenvalue weighted by Crippen LogP contribution is 2.43. The lowest BCUT2D eigenvalue weighted by molar-refractivity contribution is -0.161. The number of carbonyl (C=O) groups is 3. The van der Waals surface area contributed by atoms with Crippen molar-refractivity contribution in [2.45, 2.75) is 238 Å². The van der Waals surface area contributed by atoms with E-state index >= 15 is 0 Å². The molecule has 0 aromatic heterocycles. The summed E-state index contributed by atoms with van der Waals surface area (Å²) in [6, 6.07) is 0. The third-order valence-electron chi connectivity index (χ3n) is 11.5. The number of hydrogen-bond donors (Lipinski definition) is 2. The van der Waals surface area contributed by atoms with E-state index in [1.54, 1.807) is 0 Å². The Kier molecular flexibility index (Phi) is 51.0. The molecule has 0 aliphatic carbocycles. The van der Waals surface area contributed by atoms with Crippen LogP contribution in [0.4, 0.5) is 0 Å². The van der Waals surface area contributed by atoms with Gasteiger partial charge in [-0.15, -0.1) is 0 Å². The second kappa shape index (κ2) is 53.7. The average Bonchev–Trinajstić information content (AvgIpc) is 3.37. The van der Waals surface area contributed by atoms with Crippen molar-refractivity contribution in [2.75, 3.05) is 26.4 Å². The van der Waals surface area contributed by atoms with Crippen LogP contribution in [0.25, 0.3) is 0 Å². The molecule has 0 saturated carbocycles. The van der Waals surface area contributed by atoms with Gasteiger partial charge in [0.2, 0.25) is 0 Å². The van der Waals surface area contributed by atoms with Gasteiger partial charge in [-0.05, 0) is 116 Å². The largest absolute Gasteiger partial charge is 0.472 e. The highest BCUT2D eigenvalue weighted by atomic mass is 31.2. The molecule has 0 heterocycles. The van der Waals surface area contributed by atoms with Crippen molar-refractivity contribution in [3.05, 3.63) is 97.2 Å². The molecule has 0 amide bonds. The van der Waals surface area contributed by atoms with Crippen LogP contribution in [-0.2, 0) is 42.2 Å². The first-order valence-electron chi connectivity index (χ1n) is 28.1. The number of aliphatic hydroxyl groups is 1. The van der Waals surface area contributed by atoms with E-state index in [1.807, 2.05) is 0 Å². The topological polar surface area (TPSA) is 155 Å². The molecular weight excluding hydrogens is 928 g/mol. The van der Waals surface area contributed by atoms with Crippen molar-refractivity contribution in [3.63, 3.8) is 0 Å². The minimum absolute atomic E-state index is 0.132. The molecule has 0 aromatic carbocycles. The summed E-state index contributed by atoms with van der Waals surface area (Å²) >= 11 is 0. The van der Waals surface area contributed by atoms with Crippen LogP contribution in [0.3, 0.4) is 0 Å². The molecule has 0 bridgehead atoms. The zero-order valence-electron chi connectivity index (χ0n) is 45.4. The van der Waals surface area contributed by atoms with Crippen LogP contribution < -0.4 is 0 Å². The van der Waals surface area contributed by atoms with Crippen molar-refractivity contribution in [1.82, 2.24) is 0 Å². The third kappa shape index (κ3) is 51.3. The smallest absolute Gasteiger partial charge is 0.462 e. The van der Waals surface area contributed by atoms with Crippen LogP contribution >= 0.6 is 7.82 Å². The van der Waals surface area contributed by atoms with Gasteiger partial charge in [0.25, 0.3) is 0 Å². The van der Waals surface area contributed by atoms with Gasteiger partial charge in [0.05, 0.1) is 19.8 Å². The lowest BCUT2D eigenvalue weighted by atomic mass is 10.1. The van der Waals surface area contributed by atoms with E-state index in [1.165, 1.54) is 38.5 Å². The SMILES string of the molecule is CC/C=C\C/C=C\C/C=C\C/C=C\CCCCCCC(=O)OC(COC(=O)CCCCCCC/C=C\CCCCCCCC)COP(=O)(O)OCC(CO)OC(=O)CCCCC/C=C\C/C=C\C/C=C\CC. The zero-order chi connectivity index (χ0) is 52.7. The number of phosphoric ester groups is 1. The molecule has 72 heavy (non-hydrogen) atoms. The van der Waals surface area contributed by atoms with E-state index in [4.69, 9.17) is 23.3 Å². The zero-order valence-corrected chi connectivity index (χ0v) is 46.3. The Hall–Kier alpha value is -3.60. The standard InChI is InChI=1S/C60H101O11P/c1-4-7-10-13-16-19-22-25-27-28-30-33-36-39-42-45-48-51-60(64)71-57(53-67-58(62)49-46-43-40-37-34-32-29-26-23-20-17-14-11-8-5-2)55-69-72(65,66)68-54-56(52-61)70-59(63)50-47-44-41-38-35-31-24-21-18-15-12-9-6-3/h7,9-10,12,16,18-19,21,25-27,29-31,33,35,56-57,61H,4-6,8,11,13-15,17,20,22-24,28,32,34,36-55H2,1-3H3,(H,65,66)/b10-7-,12-9-,19-16-,21-18-,27-25-,29-26-,33-30-,35-31-. The number of phosphoric acid groups is 1. The monoisotopic (exact) mass is 1030 g/mol. The third-order valence-corrected chi connectivity index (χ3v) is 12.4. The lowest BCUT2D eigenvalue weighted by Crippen LogP contribution is -2.30. The first-order chi connectivity index (χ1) is 35.2. The minimum Gasteiger partial charge on any atom is -0.462 e. The number of unbranched alkanes of at least 4 members (excludes halogenated alkanes) is 18. The number of ether oxygens (including phenoxy) is 3. The first-order valence-corrected chi connectivity index (χ1v) is 29.6. The van der Waals surface area contributed by atoms with Gasteiger partial charge in [0, 0.05) is 19.3 Å². The number of hydrogen-bond acceptors (Lipinski definition) is 10. The molecule has 0 aliphatic rings. The lowest BCUT2D eigenvalue weighted by Gasteiger charge is -2.21. The molecular formula is C60H101O11P. The molecule has 2 N–H and O–H groups in total. The number of carbonyl (C=O) groups excluding carboxylic acids is 3. The first kappa shape index (κ1) is 68.4. The van der Waals surface area contributed by atoms with E-state index in [2.05, 4.69) is 118 Å². The van der Waals surface area contributed by atoms with E-state index in [0.29, 0.717) is 19.3 Å². The molecule has 412 valence electrons. The maximum Gasteiger partial charge on any atom is 0.472 e. The fourth-order valence-electron chi connectivity index (χ4n) is 7.24. The summed E-state index contributed by atoms with van der Waals surface area (Å²) in [4.78, 5) is 48.5. The summed E-state index contributed by atoms with van der Waals surface area (Å²) in [5.74, 6) is -1.54. The average molecular weight is 1030 g/mol. The number of esters is 3. The maximum absolute atomic E-state index is 12.9. The number of aliphatic hydroxyl groups excluding tert-OH is 1. The van der Waals surface area contributed by atoms with Crippen molar-refractivity contribution in [3.8, 4) is 0 Å². The highest BCUT2D eigenvalue weighted by molar-refractivity contribution is 7.47. The number of allylic oxidation sites excluding steroid dienone is 16. The van der Waals surface area contributed by atoms with Gasteiger partial charge in [-0.25, -0.2) is 4.57 Å². The van der Waals surface area contributed by atoms with Gasteiger partial charge in [-0.1, -0.05) is 189 Å². The second-order valence-electron chi connectivity index (χ2n) is 18.3. The summed E-state index contributed by atoms with van der Waals surface area (Å²) < 4.78 is 39.4. The summed E-state index contributed by atoms with van der Waals surface area (Å²) in [6.45, 7) is 4.33. The van der Waals surface area contributed by atoms with E-state index in [9.17, 15) is 28.9 Å². The van der Waals surface area contributed by atoms with Crippen LogP contribution in [-0.4, -0.2) is 66.5 Å². The van der Waals surface area contributed by atoms with Crippen LogP contribution in [0, 0.1) is 0 Å². The van der Waals surface area contributed by atoms with Gasteiger partial charge in [-0.3, -0.25) is 23.4 Å². The molecule has 0 aliphatic heterocycles. The van der Waals surface area contributed by atoms with Crippen molar-refractivity contribution >= 4 is 25.7 Å². The Balaban J connectivity index is 4.83. The van der Waals surface area contributed by atoms with Gasteiger partial charge in [0.15, 0.2) is 6.10 Å². The molecule has 12 heteroatoms. The Bertz CT molecular complexity index is 1580. The maximum atomic E-state index is 12.9. The van der Waals surface area contributed by atoms with E-state index in [-0.39, 0.29) is 25.9 Å². The summed E-state index contributed by atoms with van der Waals surface area (Å²) in [6.07, 6.45) is 62.3. The normalized spacial score (nSPS) is 14.1. The molecule has 0 radical (unpaired) electrons. The van der Waals surface area contributed by atoms with Crippen LogP contribution in [0.2, 0.25) is 0 Å². The highest BCUT2D eigenvalue weighted by Gasteiger charge is 2.28. The molecule has 0 saturated heterocycles. The van der Waals surface area contributed by atoms with Crippen LogP contribution in [0.1, 0.15) is 226 Å². The molecule has 0 fully saturated rings. The summed E-state index contributed by atoms with van der Waals surface area (Å²) in [5, 5.41) is 9.79. The summed E-state index contributed by atoms with van der Waals surface area (Å²) in [7, 11) is -4.77. The molecule has 3 unspecified atom stereocenters. The van der Waals surface area contributed by atoms with Gasteiger partial charge >= 0.3 is 25.7 Å². The second-order valence-corrected chi connectivity index (χ2v) is 19.8. The number of rotatable bonds is 51.